The Morgan fingerprint density at radius 2 is 1.72 bits per heavy atom. The van der Waals surface area contributed by atoms with Crippen molar-refractivity contribution in [2.24, 2.45) is 0 Å². The van der Waals surface area contributed by atoms with Crippen molar-refractivity contribution in [1.82, 2.24) is 0 Å². The first-order valence-corrected chi connectivity index (χ1v) is 6.11. The molecule has 0 saturated carbocycles. The van der Waals surface area contributed by atoms with Crippen molar-refractivity contribution in [1.29, 1.82) is 0 Å². The molecule has 0 spiro atoms. The van der Waals surface area contributed by atoms with Crippen LogP contribution in [0.2, 0.25) is 0 Å². The van der Waals surface area contributed by atoms with Gasteiger partial charge in [0.2, 0.25) is 0 Å². The molecule has 0 fully saturated rings. The number of ketones is 1. The molecule has 0 aliphatic heterocycles. The van der Waals surface area contributed by atoms with Gasteiger partial charge < -0.3 is 9.84 Å². The third kappa shape index (κ3) is 4.99. The molecule has 0 radical (unpaired) electrons. The molecule has 0 amide bonds. The van der Waals surface area contributed by atoms with Crippen molar-refractivity contribution in [2.75, 3.05) is 6.61 Å². The number of Topliss-reactive ketones (excluding diaryl/α,β-unsaturated/α-hetero) is 1. The zero-order chi connectivity index (χ0) is 13.4. The van der Waals surface area contributed by atoms with Crippen LogP contribution in [-0.4, -0.2) is 23.5 Å². The van der Waals surface area contributed by atoms with E-state index in [1.807, 2.05) is 6.92 Å². The van der Waals surface area contributed by atoms with Gasteiger partial charge in [-0.3, -0.25) is 9.59 Å². The number of benzene rings is 1. The predicted octanol–water partition coefficient (Wildman–Crippen LogP) is 2.91. The molecule has 0 aromatic heterocycles. The second-order valence-electron chi connectivity index (χ2n) is 3.98. The molecule has 98 valence electrons. The first kappa shape index (κ1) is 14.2. The third-order valence-corrected chi connectivity index (χ3v) is 2.53. The Kier molecular flexibility index (Phi) is 5.91. The number of rotatable bonds is 8. The van der Waals surface area contributed by atoms with Crippen molar-refractivity contribution in [3.63, 3.8) is 0 Å². The molecule has 4 heteroatoms. The summed E-state index contributed by atoms with van der Waals surface area (Å²) < 4.78 is 5.29. The van der Waals surface area contributed by atoms with Gasteiger partial charge >= 0.3 is 5.97 Å². The Hall–Kier alpha value is -1.84. The van der Waals surface area contributed by atoms with Gasteiger partial charge in [0.05, 0.1) is 6.61 Å². The van der Waals surface area contributed by atoms with E-state index in [2.05, 4.69) is 0 Å². The van der Waals surface area contributed by atoms with Crippen LogP contribution in [-0.2, 0) is 4.79 Å². The molecule has 0 unspecified atom stereocenters. The monoisotopic (exact) mass is 250 g/mol. The van der Waals surface area contributed by atoms with Crippen LogP contribution in [0.3, 0.4) is 0 Å². The Bertz CT molecular complexity index is 395. The molecule has 0 saturated heterocycles. The maximum absolute atomic E-state index is 11.8. The number of carbonyl (C=O) groups is 2. The molecule has 1 rings (SSSR count). The van der Waals surface area contributed by atoms with Crippen molar-refractivity contribution < 1.29 is 19.4 Å². The number of carboxylic acids is 1. The van der Waals surface area contributed by atoms with E-state index in [9.17, 15) is 9.59 Å². The molecule has 0 aliphatic carbocycles. The van der Waals surface area contributed by atoms with Crippen LogP contribution < -0.4 is 4.74 Å². The SMILES string of the molecule is CCOc1ccc(C(=O)CCCCC(=O)O)cc1. The van der Waals surface area contributed by atoms with E-state index in [1.54, 1.807) is 24.3 Å². The van der Waals surface area contributed by atoms with Gasteiger partial charge in [-0.25, -0.2) is 0 Å². The third-order valence-electron chi connectivity index (χ3n) is 2.53. The van der Waals surface area contributed by atoms with E-state index >= 15 is 0 Å². The fourth-order valence-electron chi connectivity index (χ4n) is 1.61. The van der Waals surface area contributed by atoms with Crippen molar-refractivity contribution >= 4 is 11.8 Å². The standard InChI is InChI=1S/C14H18O4/c1-2-18-12-9-7-11(8-10-12)13(15)5-3-4-6-14(16)17/h7-10H,2-6H2,1H3,(H,16,17). The van der Waals surface area contributed by atoms with Crippen molar-refractivity contribution in [2.45, 2.75) is 32.6 Å². The molecular weight excluding hydrogens is 232 g/mol. The van der Waals surface area contributed by atoms with Crippen molar-refractivity contribution in [3.8, 4) is 5.75 Å². The molecule has 0 aliphatic rings. The lowest BCUT2D eigenvalue weighted by molar-refractivity contribution is -0.137. The smallest absolute Gasteiger partial charge is 0.303 e. The second kappa shape index (κ2) is 7.48. The van der Waals surface area contributed by atoms with Gasteiger partial charge in [0.1, 0.15) is 5.75 Å². The fourth-order valence-corrected chi connectivity index (χ4v) is 1.61. The van der Waals surface area contributed by atoms with Gasteiger partial charge in [-0.1, -0.05) is 0 Å². The highest BCUT2D eigenvalue weighted by molar-refractivity contribution is 5.96. The number of hydrogen-bond acceptors (Lipinski definition) is 3. The second-order valence-corrected chi connectivity index (χ2v) is 3.98. The molecule has 18 heavy (non-hydrogen) atoms. The van der Waals surface area contributed by atoms with Gasteiger partial charge in [0.25, 0.3) is 0 Å². The van der Waals surface area contributed by atoms with E-state index in [1.165, 1.54) is 0 Å². The highest BCUT2D eigenvalue weighted by Gasteiger charge is 2.06. The van der Waals surface area contributed by atoms with Crippen LogP contribution in [0.1, 0.15) is 43.0 Å². The average molecular weight is 250 g/mol. The summed E-state index contributed by atoms with van der Waals surface area (Å²) in [5, 5.41) is 8.48. The van der Waals surface area contributed by atoms with Gasteiger partial charge in [-0.2, -0.15) is 0 Å². The molecule has 1 aromatic carbocycles. The predicted molar refractivity (Wildman–Crippen MR) is 68.0 cm³/mol. The van der Waals surface area contributed by atoms with Gasteiger partial charge in [-0.05, 0) is 44.0 Å². The van der Waals surface area contributed by atoms with Crippen LogP contribution >= 0.6 is 0 Å². The maximum Gasteiger partial charge on any atom is 0.303 e. The van der Waals surface area contributed by atoms with Crippen LogP contribution in [0.4, 0.5) is 0 Å². The molecule has 1 aromatic rings. The Morgan fingerprint density at radius 3 is 2.28 bits per heavy atom. The number of carbonyl (C=O) groups excluding carboxylic acids is 1. The minimum absolute atomic E-state index is 0.0448. The van der Waals surface area contributed by atoms with E-state index in [-0.39, 0.29) is 12.2 Å². The topological polar surface area (TPSA) is 63.6 Å². The Morgan fingerprint density at radius 1 is 1.11 bits per heavy atom. The quantitative estimate of drug-likeness (QED) is 0.569. The number of ether oxygens (including phenoxy) is 1. The Balaban J connectivity index is 2.39. The van der Waals surface area contributed by atoms with Crippen molar-refractivity contribution in [3.05, 3.63) is 29.8 Å². The lowest BCUT2D eigenvalue weighted by Crippen LogP contribution is -2.01. The lowest BCUT2D eigenvalue weighted by Gasteiger charge is -2.04. The van der Waals surface area contributed by atoms with E-state index in [0.717, 1.165) is 5.75 Å². The summed E-state index contributed by atoms with van der Waals surface area (Å²) in [6.45, 7) is 2.50. The van der Waals surface area contributed by atoms with Gasteiger partial charge in [-0.15, -0.1) is 0 Å². The number of hydrogen-bond donors (Lipinski definition) is 1. The summed E-state index contributed by atoms with van der Waals surface area (Å²) in [6, 6.07) is 7.02. The number of unbranched alkanes of at least 4 members (excludes halogenated alkanes) is 1. The normalized spacial score (nSPS) is 10.1. The summed E-state index contributed by atoms with van der Waals surface area (Å²) >= 11 is 0. The highest BCUT2D eigenvalue weighted by atomic mass is 16.5. The van der Waals surface area contributed by atoms with Crippen LogP contribution in [0.25, 0.3) is 0 Å². The average Bonchev–Trinajstić information content (AvgIpc) is 2.35. The minimum atomic E-state index is -0.816. The zero-order valence-corrected chi connectivity index (χ0v) is 10.5. The number of carboxylic acid groups (broad SMARTS) is 1. The first-order valence-electron chi connectivity index (χ1n) is 6.11. The largest absolute Gasteiger partial charge is 0.494 e. The highest BCUT2D eigenvalue weighted by Crippen LogP contribution is 2.14. The first-order chi connectivity index (χ1) is 8.63. The van der Waals surface area contributed by atoms with Crippen LogP contribution in [0.5, 0.6) is 5.75 Å². The van der Waals surface area contributed by atoms with Crippen LogP contribution in [0.15, 0.2) is 24.3 Å². The minimum Gasteiger partial charge on any atom is -0.494 e. The Labute approximate surface area is 107 Å². The number of aliphatic carboxylic acids is 1. The maximum atomic E-state index is 11.8. The molecule has 0 bridgehead atoms. The summed E-state index contributed by atoms with van der Waals surface area (Å²) in [6.07, 6.45) is 1.66. The molecule has 4 nitrogen and oxygen atoms in total. The summed E-state index contributed by atoms with van der Waals surface area (Å²) in [7, 11) is 0. The lowest BCUT2D eigenvalue weighted by atomic mass is 10.0. The van der Waals surface area contributed by atoms with Crippen LogP contribution in [0, 0.1) is 0 Å². The van der Waals surface area contributed by atoms with Gasteiger partial charge in [0, 0.05) is 18.4 Å². The van der Waals surface area contributed by atoms with E-state index < -0.39 is 5.97 Å². The molecular formula is C14H18O4. The molecule has 0 atom stereocenters. The van der Waals surface area contributed by atoms with E-state index in [0.29, 0.717) is 31.4 Å². The molecule has 0 heterocycles. The van der Waals surface area contributed by atoms with E-state index in [4.69, 9.17) is 9.84 Å². The summed E-state index contributed by atoms with van der Waals surface area (Å²) in [5.74, 6) is -0.0214. The van der Waals surface area contributed by atoms with Gasteiger partial charge in [0.15, 0.2) is 5.78 Å². The zero-order valence-electron chi connectivity index (χ0n) is 10.5. The summed E-state index contributed by atoms with van der Waals surface area (Å²) in [5.41, 5.74) is 0.647. The fraction of sp³-hybridized carbons (Fsp3) is 0.429. The summed E-state index contributed by atoms with van der Waals surface area (Å²) in [4.78, 5) is 22.1. The molecule has 1 N–H and O–H groups in total.